The summed E-state index contributed by atoms with van der Waals surface area (Å²) in [6.07, 6.45) is 1.36. The van der Waals surface area contributed by atoms with E-state index in [9.17, 15) is 13.2 Å². The second kappa shape index (κ2) is 9.35. The average Bonchev–Trinajstić information content (AvgIpc) is 2.56. The summed E-state index contributed by atoms with van der Waals surface area (Å²) >= 11 is 0. The van der Waals surface area contributed by atoms with Gasteiger partial charge in [-0.25, -0.2) is 0 Å². The number of rotatable bonds is 9. The largest absolute Gasteiger partial charge is 0.415 e. The van der Waals surface area contributed by atoms with E-state index in [2.05, 4.69) is 27.7 Å². The number of halogens is 3. The first-order valence-corrected chi connectivity index (χ1v) is 10.3. The highest BCUT2D eigenvalue weighted by Crippen LogP contribution is 2.38. The molecule has 0 aliphatic carbocycles. The lowest BCUT2D eigenvalue weighted by molar-refractivity contribution is -0.135. The van der Waals surface area contributed by atoms with Crippen molar-refractivity contribution in [2.24, 2.45) is 5.41 Å². The highest BCUT2D eigenvalue weighted by Gasteiger charge is 2.39. The Hall–Kier alpha value is -0.795. The van der Waals surface area contributed by atoms with E-state index >= 15 is 0 Å². The van der Waals surface area contributed by atoms with Gasteiger partial charge in [0.05, 0.1) is 0 Å². The fourth-order valence-corrected chi connectivity index (χ4v) is 4.29. The van der Waals surface area contributed by atoms with Crippen LogP contribution in [0.5, 0.6) is 0 Å². The van der Waals surface area contributed by atoms with Crippen LogP contribution < -0.4 is 16.4 Å². The molecule has 0 fully saturated rings. The van der Waals surface area contributed by atoms with Gasteiger partial charge in [0, 0.05) is 5.56 Å². The Morgan fingerprint density at radius 1 is 0.750 bits per heavy atom. The van der Waals surface area contributed by atoms with E-state index in [1.165, 1.54) is 0 Å². The van der Waals surface area contributed by atoms with E-state index in [1.54, 1.807) is 0 Å². The van der Waals surface area contributed by atoms with E-state index in [0.717, 1.165) is 38.5 Å². The predicted octanol–water partition coefficient (Wildman–Crippen LogP) is 4.31. The second-order valence-electron chi connectivity index (χ2n) is 9.05. The second-order valence-corrected chi connectivity index (χ2v) is 9.05. The number of benzene rings is 1. The molecule has 0 N–H and O–H groups in total. The summed E-state index contributed by atoms with van der Waals surface area (Å²) in [5, 5.41) is 0. The zero-order chi connectivity index (χ0) is 21.9. The van der Waals surface area contributed by atoms with Crippen LogP contribution in [0, 0.1) is 5.41 Å². The lowest BCUT2D eigenvalue weighted by Gasteiger charge is -2.38. The molecular formula is C22H32B3F3. The minimum Gasteiger partial charge on any atom is -0.166 e. The van der Waals surface area contributed by atoms with Crippen molar-refractivity contribution in [3.8, 4) is 0 Å². The number of unbranched alkanes of at least 4 members (excludes halogenated alkanes) is 1. The molecule has 1 aromatic carbocycles. The molecule has 1 aromatic rings. The zero-order valence-electron chi connectivity index (χ0n) is 18.3. The fraction of sp³-hybridized carbons (Fsp3) is 0.727. The molecule has 0 amide bonds. The number of hydrogen-bond donors (Lipinski definition) is 0. The third kappa shape index (κ3) is 5.42. The molecule has 6 radical (unpaired) electrons. The van der Waals surface area contributed by atoms with E-state index in [1.807, 2.05) is 13.8 Å². The summed E-state index contributed by atoms with van der Waals surface area (Å²) in [6, 6.07) is 0. The highest BCUT2D eigenvalue weighted by atomic mass is 19.4. The summed E-state index contributed by atoms with van der Waals surface area (Å²) in [7, 11) is 18.3. The van der Waals surface area contributed by atoms with Crippen LogP contribution in [0.25, 0.3) is 0 Å². The summed E-state index contributed by atoms with van der Waals surface area (Å²) in [6.45, 7) is 12.3. The van der Waals surface area contributed by atoms with E-state index < -0.39 is 22.6 Å². The van der Waals surface area contributed by atoms with Gasteiger partial charge in [0.2, 0.25) is 0 Å². The fourth-order valence-electron chi connectivity index (χ4n) is 4.29. The first-order valence-electron chi connectivity index (χ1n) is 10.3. The van der Waals surface area contributed by atoms with Crippen molar-refractivity contribution in [3.05, 3.63) is 16.7 Å². The predicted molar refractivity (Wildman–Crippen MR) is 117 cm³/mol. The maximum absolute atomic E-state index is 13.8. The lowest BCUT2D eigenvalue weighted by Crippen LogP contribution is -2.47. The van der Waals surface area contributed by atoms with Crippen LogP contribution in [-0.4, -0.2) is 23.5 Å². The molecule has 150 valence electrons. The van der Waals surface area contributed by atoms with Crippen molar-refractivity contribution >= 4 is 39.9 Å². The van der Waals surface area contributed by atoms with Gasteiger partial charge in [-0.05, 0) is 35.7 Å². The molecule has 0 aliphatic heterocycles. The van der Waals surface area contributed by atoms with Crippen molar-refractivity contribution in [2.75, 3.05) is 0 Å². The summed E-state index contributed by atoms with van der Waals surface area (Å²) < 4.78 is 41.3. The van der Waals surface area contributed by atoms with Crippen molar-refractivity contribution in [3.63, 3.8) is 0 Å². The normalized spacial score (nSPS) is 14.9. The van der Waals surface area contributed by atoms with Crippen molar-refractivity contribution in [1.29, 1.82) is 0 Å². The summed E-state index contributed by atoms with van der Waals surface area (Å²) in [5.74, 6) is 0. The molecule has 28 heavy (non-hydrogen) atoms. The Labute approximate surface area is 173 Å². The molecular weight excluding hydrogens is 354 g/mol. The molecule has 6 heteroatoms. The van der Waals surface area contributed by atoms with Gasteiger partial charge in [-0.2, -0.15) is 13.2 Å². The Morgan fingerprint density at radius 3 is 1.75 bits per heavy atom. The van der Waals surface area contributed by atoms with Gasteiger partial charge in [-0.1, -0.05) is 89.2 Å². The van der Waals surface area contributed by atoms with Gasteiger partial charge >= 0.3 is 6.18 Å². The average molecular weight is 386 g/mol. The molecule has 1 atom stereocenters. The van der Waals surface area contributed by atoms with Crippen LogP contribution in [0.15, 0.2) is 0 Å². The Balaban J connectivity index is 3.83. The minimum absolute atomic E-state index is 0.0388. The van der Waals surface area contributed by atoms with E-state index in [-0.39, 0.29) is 16.3 Å². The van der Waals surface area contributed by atoms with Crippen molar-refractivity contribution < 1.29 is 13.2 Å². The summed E-state index contributed by atoms with van der Waals surface area (Å²) in [5.41, 5.74) is -1.03. The van der Waals surface area contributed by atoms with Crippen LogP contribution in [0.4, 0.5) is 13.2 Å². The molecule has 0 bridgehead atoms. The molecule has 0 saturated heterocycles. The third-order valence-corrected chi connectivity index (χ3v) is 6.15. The van der Waals surface area contributed by atoms with Crippen LogP contribution in [-0.2, 0) is 18.0 Å². The molecule has 0 nitrogen and oxygen atoms in total. The van der Waals surface area contributed by atoms with Gasteiger partial charge in [0.15, 0.2) is 0 Å². The number of hydrogen-bond acceptors (Lipinski definition) is 0. The maximum atomic E-state index is 13.8. The molecule has 1 unspecified atom stereocenters. The van der Waals surface area contributed by atoms with E-state index in [0.29, 0.717) is 17.5 Å². The topological polar surface area (TPSA) is 0 Å². The SMILES string of the molecule is [B]c1c([B])c(C(F)(F)F)c([B])c(C(C)(C)CCCC)c1CC(C)(CC)CCC. The van der Waals surface area contributed by atoms with Crippen molar-refractivity contribution in [1.82, 2.24) is 0 Å². The third-order valence-electron chi connectivity index (χ3n) is 6.15. The van der Waals surface area contributed by atoms with Gasteiger partial charge in [-0.15, -0.1) is 0 Å². The summed E-state index contributed by atoms with van der Waals surface area (Å²) in [4.78, 5) is 0. The van der Waals surface area contributed by atoms with Gasteiger partial charge < -0.3 is 0 Å². The molecule has 0 aliphatic rings. The zero-order valence-corrected chi connectivity index (χ0v) is 18.3. The molecule has 0 heterocycles. The first kappa shape index (κ1) is 25.2. The Kier molecular flexibility index (Phi) is 8.43. The molecule has 0 spiro atoms. The minimum atomic E-state index is -4.64. The smallest absolute Gasteiger partial charge is 0.166 e. The highest BCUT2D eigenvalue weighted by molar-refractivity contribution is 6.52. The van der Waals surface area contributed by atoms with Crippen LogP contribution in [0.1, 0.15) is 96.8 Å². The quantitative estimate of drug-likeness (QED) is 0.555. The van der Waals surface area contributed by atoms with Gasteiger partial charge in [-0.3, -0.25) is 0 Å². The first-order chi connectivity index (χ1) is 12.8. The van der Waals surface area contributed by atoms with Crippen molar-refractivity contribution in [2.45, 2.75) is 98.1 Å². The Morgan fingerprint density at radius 2 is 1.32 bits per heavy atom. The molecule has 0 saturated carbocycles. The Bertz CT molecular complexity index is 681. The molecule has 0 aromatic heterocycles. The molecule has 1 rings (SSSR count). The maximum Gasteiger partial charge on any atom is 0.415 e. The van der Waals surface area contributed by atoms with Crippen LogP contribution in [0.3, 0.4) is 0 Å². The van der Waals surface area contributed by atoms with Gasteiger partial charge in [0.25, 0.3) is 0 Å². The van der Waals surface area contributed by atoms with Crippen LogP contribution in [0.2, 0.25) is 0 Å². The van der Waals surface area contributed by atoms with Gasteiger partial charge in [0.1, 0.15) is 23.5 Å². The van der Waals surface area contributed by atoms with E-state index in [4.69, 9.17) is 23.5 Å². The standard InChI is InChI=1S/C22H32B3F3/c1-7-10-12-20(4,5)15-14(13-21(6,9-3)11-8-2)17(23)19(25)16(18(15)24)22(26,27)28/h7-13H2,1-6H3. The number of alkyl halides is 3. The monoisotopic (exact) mass is 386 g/mol. The van der Waals surface area contributed by atoms with Crippen LogP contribution >= 0.6 is 0 Å². The lowest BCUT2D eigenvalue weighted by atomic mass is 9.60.